The zero-order valence-electron chi connectivity index (χ0n) is 11.7. The highest BCUT2D eigenvalue weighted by molar-refractivity contribution is 5.98. The topological polar surface area (TPSA) is 54.8 Å². The SMILES string of the molecule is C=C(C)/C=C\C(=C)Cn1ccc2cc(C(=N)N)ccc21. The Balaban J connectivity index is 2.26. The first-order valence-electron chi connectivity index (χ1n) is 6.42. The zero-order valence-corrected chi connectivity index (χ0v) is 11.7. The van der Waals surface area contributed by atoms with Crippen LogP contribution in [0.1, 0.15) is 12.5 Å². The maximum Gasteiger partial charge on any atom is 0.122 e. The second-order valence-electron chi connectivity index (χ2n) is 4.97. The van der Waals surface area contributed by atoms with Crippen molar-refractivity contribution in [1.29, 1.82) is 5.41 Å². The number of benzene rings is 1. The fourth-order valence-electron chi connectivity index (χ4n) is 2.04. The maximum absolute atomic E-state index is 7.46. The number of hydrogen-bond acceptors (Lipinski definition) is 1. The van der Waals surface area contributed by atoms with Crippen molar-refractivity contribution in [3.63, 3.8) is 0 Å². The van der Waals surface area contributed by atoms with Gasteiger partial charge in [-0.25, -0.2) is 0 Å². The van der Waals surface area contributed by atoms with Crippen LogP contribution in [0.15, 0.2) is 66.9 Å². The zero-order chi connectivity index (χ0) is 14.7. The predicted molar refractivity (Wildman–Crippen MR) is 86.0 cm³/mol. The van der Waals surface area contributed by atoms with E-state index in [0.29, 0.717) is 0 Å². The van der Waals surface area contributed by atoms with Gasteiger partial charge in [0, 0.05) is 29.2 Å². The Labute approximate surface area is 119 Å². The van der Waals surface area contributed by atoms with E-state index in [1.807, 2.05) is 49.5 Å². The summed E-state index contributed by atoms with van der Waals surface area (Å²) in [4.78, 5) is 0. The molecule has 0 atom stereocenters. The number of nitrogens with zero attached hydrogens (tertiary/aromatic N) is 1. The van der Waals surface area contributed by atoms with Crippen molar-refractivity contribution in [2.24, 2.45) is 5.73 Å². The smallest absolute Gasteiger partial charge is 0.122 e. The quantitative estimate of drug-likeness (QED) is 0.484. The first-order chi connectivity index (χ1) is 9.47. The van der Waals surface area contributed by atoms with Crippen LogP contribution < -0.4 is 5.73 Å². The summed E-state index contributed by atoms with van der Waals surface area (Å²) < 4.78 is 2.13. The predicted octanol–water partition coefficient (Wildman–Crippen LogP) is 3.61. The Morgan fingerprint density at radius 2 is 2.05 bits per heavy atom. The van der Waals surface area contributed by atoms with Crippen molar-refractivity contribution >= 4 is 16.7 Å². The Kier molecular flexibility index (Phi) is 3.89. The van der Waals surface area contributed by atoms with E-state index in [-0.39, 0.29) is 5.84 Å². The number of nitrogen functional groups attached to an aromatic ring is 1. The Hall–Kier alpha value is -2.55. The van der Waals surface area contributed by atoms with E-state index >= 15 is 0 Å². The van der Waals surface area contributed by atoms with Crippen LogP contribution in [-0.4, -0.2) is 10.4 Å². The molecule has 0 aliphatic carbocycles. The highest BCUT2D eigenvalue weighted by Gasteiger charge is 2.04. The summed E-state index contributed by atoms with van der Waals surface area (Å²) in [5, 5.41) is 8.54. The van der Waals surface area contributed by atoms with E-state index < -0.39 is 0 Å². The lowest BCUT2D eigenvalue weighted by molar-refractivity contribution is 0.838. The molecule has 2 aromatic rings. The number of nitrogens with one attached hydrogen (secondary N) is 1. The van der Waals surface area contributed by atoms with Crippen LogP contribution in [0.3, 0.4) is 0 Å². The Bertz CT molecular complexity index is 717. The van der Waals surface area contributed by atoms with E-state index in [0.717, 1.165) is 34.2 Å². The van der Waals surface area contributed by atoms with Gasteiger partial charge in [0.15, 0.2) is 0 Å². The van der Waals surface area contributed by atoms with Gasteiger partial charge >= 0.3 is 0 Å². The fraction of sp³-hybridized carbons (Fsp3) is 0.118. The lowest BCUT2D eigenvalue weighted by Crippen LogP contribution is -2.10. The molecule has 0 amide bonds. The van der Waals surface area contributed by atoms with Gasteiger partial charge in [-0.3, -0.25) is 5.41 Å². The molecule has 3 heteroatoms. The first kappa shape index (κ1) is 13.9. The molecule has 0 saturated heterocycles. The molecule has 0 unspecified atom stereocenters. The third-order valence-corrected chi connectivity index (χ3v) is 3.06. The normalized spacial score (nSPS) is 11.1. The molecule has 0 aliphatic heterocycles. The molecule has 102 valence electrons. The Morgan fingerprint density at radius 3 is 2.70 bits per heavy atom. The molecule has 0 fully saturated rings. The van der Waals surface area contributed by atoms with Crippen molar-refractivity contribution < 1.29 is 0 Å². The summed E-state index contributed by atoms with van der Waals surface area (Å²) in [6.07, 6.45) is 5.97. The van der Waals surface area contributed by atoms with Crippen molar-refractivity contribution in [3.8, 4) is 0 Å². The maximum atomic E-state index is 7.46. The van der Waals surface area contributed by atoms with E-state index in [9.17, 15) is 0 Å². The van der Waals surface area contributed by atoms with Gasteiger partial charge in [-0.15, -0.1) is 0 Å². The molecular formula is C17H19N3. The van der Waals surface area contributed by atoms with Gasteiger partial charge < -0.3 is 10.3 Å². The van der Waals surface area contributed by atoms with Crippen molar-refractivity contribution in [1.82, 2.24) is 4.57 Å². The van der Waals surface area contributed by atoms with Crippen LogP contribution in [-0.2, 0) is 6.54 Å². The third kappa shape index (κ3) is 3.06. The average molecular weight is 265 g/mol. The molecule has 1 aromatic carbocycles. The lowest BCUT2D eigenvalue weighted by Gasteiger charge is -2.06. The molecule has 2 rings (SSSR count). The highest BCUT2D eigenvalue weighted by Crippen LogP contribution is 2.19. The van der Waals surface area contributed by atoms with Gasteiger partial charge in [0.05, 0.1) is 0 Å². The number of aromatic nitrogens is 1. The molecule has 3 nitrogen and oxygen atoms in total. The van der Waals surface area contributed by atoms with Crippen molar-refractivity contribution in [2.75, 3.05) is 0 Å². The van der Waals surface area contributed by atoms with Crippen LogP contribution in [0, 0.1) is 5.41 Å². The van der Waals surface area contributed by atoms with Gasteiger partial charge in [0.2, 0.25) is 0 Å². The number of amidine groups is 1. The molecule has 20 heavy (non-hydrogen) atoms. The average Bonchev–Trinajstić information content (AvgIpc) is 2.79. The standard InChI is InChI=1S/C17H19N3/c1-12(2)4-5-13(3)11-20-9-8-14-10-15(17(18)19)6-7-16(14)20/h4-10H,1,3,11H2,2H3,(H3,18,19)/b5-4-. The van der Waals surface area contributed by atoms with E-state index in [4.69, 9.17) is 11.1 Å². The van der Waals surface area contributed by atoms with Gasteiger partial charge in [-0.05, 0) is 36.8 Å². The second kappa shape index (κ2) is 5.61. The number of nitrogens with two attached hydrogens (primary N) is 1. The summed E-state index contributed by atoms with van der Waals surface area (Å²) in [5.41, 5.74) is 9.39. The largest absolute Gasteiger partial charge is 0.384 e. The third-order valence-electron chi connectivity index (χ3n) is 3.06. The summed E-state index contributed by atoms with van der Waals surface area (Å²) in [7, 11) is 0. The molecule has 1 aromatic heterocycles. The molecule has 0 radical (unpaired) electrons. The summed E-state index contributed by atoms with van der Waals surface area (Å²) in [6.45, 7) is 10.6. The molecular weight excluding hydrogens is 246 g/mol. The van der Waals surface area contributed by atoms with E-state index in [1.54, 1.807) is 0 Å². The second-order valence-corrected chi connectivity index (χ2v) is 4.97. The summed E-state index contributed by atoms with van der Waals surface area (Å²) in [6, 6.07) is 7.81. The van der Waals surface area contributed by atoms with E-state index in [2.05, 4.69) is 17.7 Å². The number of allylic oxidation sites excluding steroid dienone is 4. The molecule has 0 aliphatic rings. The lowest BCUT2D eigenvalue weighted by atomic mass is 10.1. The minimum Gasteiger partial charge on any atom is -0.384 e. The highest BCUT2D eigenvalue weighted by atomic mass is 14.9. The summed E-state index contributed by atoms with van der Waals surface area (Å²) in [5.74, 6) is 0.0912. The van der Waals surface area contributed by atoms with Crippen LogP contribution in [0.5, 0.6) is 0 Å². The molecule has 0 spiro atoms. The number of fused-ring (bicyclic) bond motifs is 1. The van der Waals surface area contributed by atoms with Crippen molar-refractivity contribution in [3.05, 3.63) is 72.5 Å². The molecule has 0 bridgehead atoms. The molecule has 0 saturated carbocycles. The summed E-state index contributed by atoms with van der Waals surface area (Å²) >= 11 is 0. The van der Waals surface area contributed by atoms with Gasteiger partial charge in [-0.1, -0.05) is 30.9 Å². The first-order valence-corrected chi connectivity index (χ1v) is 6.42. The van der Waals surface area contributed by atoms with Gasteiger partial charge in [-0.2, -0.15) is 0 Å². The van der Waals surface area contributed by atoms with Crippen molar-refractivity contribution in [2.45, 2.75) is 13.5 Å². The van der Waals surface area contributed by atoms with Gasteiger partial charge in [0.1, 0.15) is 5.84 Å². The molecule has 1 heterocycles. The van der Waals surface area contributed by atoms with Crippen LogP contribution in [0.2, 0.25) is 0 Å². The number of hydrogen-bond donors (Lipinski definition) is 2. The minimum absolute atomic E-state index is 0.0912. The number of rotatable bonds is 5. The van der Waals surface area contributed by atoms with Crippen LogP contribution >= 0.6 is 0 Å². The monoisotopic (exact) mass is 265 g/mol. The van der Waals surface area contributed by atoms with Gasteiger partial charge in [0.25, 0.3) is 0 Å². The molecule has 3 N–H and O–H groups in total. The van der Waals surface area contributed by atoms with Crippen LogP contribution in [0.4, 0.5) is 0 Å². The minimum atomic E-state index is 0.0912. The van der Waals surface area contributed by atoms with Crippen LogP contribution in [0.25, 0.3) is 10.9 Å². The van der Waals surface area contributed by atoms with E-state index in [1.165, 1.54) is 0 Å². The Morgan fingerprint density at radius 1 is 1.30 bits per heavy atom. The fourth-order valence-corrected chi connectivity index (χ4v) is 2.04.